The number of aliphatic hydroxyl groups excluding tert-OH is 1. The Bertz CT molecular complexity index is 1350. The molecule has 0 spiro atoms. The standard InChI is InChI=1S/C26H25ClFNO4S/c1-16-7-11-20(15-26(16)33-3)34(31,32)29-17(2)25(30)14-19-10-8-18(13-24(19)29)9-12-21-22(27)5-4-6-23(21)28/h4-13,15,17,25,30H,14H2,1-3H3. The van der Waals surface area contributed by atoms with E-state index in [2.05, 4.69) is 0 Å². The summed E-state index contributed by atoms with van der Waals surface area (Å²) in [6.45, 7) is 3.51. The van der Waals surface area contributed by atoms with Crippen LogP contribution in [0.5, 0.6) is 5.75 Å². The normalized spacial score (nSPS) is 18.2. The summed E-state index contributed by atoms with van der Waals surface area (Å²) in [4.78, 5) is 0.0703. The highest BCUT2D eigenvalue weighted by Gasteiger charge is 2.38. The zero-order valence-electron chi connectivity index (χ0n) is 19.0. The lowest BCUT2D eigenvalue weighted by atomic mass is 9.95. The van der Waals surface area contributed by atoms with Crippen LogP contribution in [-0.2, 0) is 16.4 Å². The second-order valence-corrected chi connectivity index (χ2v) is 10.5. The summed E-state index contributed by atoms with van der Waals surface area (Å²) in [7, 11) is -2.53. The van der Waals surface area contributed by atoms with Gasteiger partial charge in [0.05, 0.1) is 34.9 Å². The molecule has 8 heteroatoms. The molecule has 0 amide bonds. The smallest absolute Gasteiger partial charge is 0.264 e. The van der Waals surface area contributed by atoms with Crippen molar-refractivity contribution in [3.05, 3.63) is 87.7 Å². The summed E-state index contributed by atoms with van der Waals surface area (Å²) >= 11 is 6.12. The molecular formula is C26H25ClFNO4S. The van der Waals surface area contributed by atoms with E-state index in [0.29, 0.717) is 29.0 Å². The molecule has 3 aromatic rings. The molecule has 34 heavy (non-hydrogen) atoms. The van der Waals surface area contributed by atoms with Crippen molar-refractivity contribution in [2.24, 2.45) is 0 Å². The molecule has 1 aliphatic rings. The van der Waals surface area contributed by atoms with Crippen LogP contribution < -0.4 is 9.04 Å². The Labute approximate surface area is 204 Å². The maximum absolute atomic E-state index is 14.2. The summed E-state index contributed by atoms with van der Waals surface area (Å²) < 4.78 is 48.2. The predicted molar refractivity (Wildman–Crippen MR) is 133 cm³/mol. The number of nitrogens with zero attached hydrogens (tertiary/aromatic N) is 1. The Kier molecular flexibility index (Phi) is 6.71. The van der Waals surface area contributed by atoms with Crippen molar-refractivity contribution in [1.29, 1.82) is 0 Å². The fourth-order valence-electron chi connectivity index (χ4n) is 4.11. The molecular weight excluding hydrogens is 477 g/mol. The minimum atomic E-state index is -4.02. The van der Waals surface area contributed by atoms with Gasteiger partial charge in [0.2, 0.25) is 0 Å². The molecule has 0 bridgehead atoms. The molecule has 0 aliphatic carbocycles. The highest BCUT2D eigenvalue weighted by Crippen LogP contribution is 2.37. The molecule has 1 aliphatic heterocycles. The van der Waals surface area contributed by atoms with Crippen LogP contribution in [0.3, 0.4) is 0 Å². The van der Waals surface area contributed by atoms with Gasteiger partial charge in [-0.1, -0.05) is 41.9 Å². The Balaban J connectivity index is 1.80. The number of hydrogen-bond donors (Lipinski definition) is 1. The molecule has 1 N–H and O–H groups in total. The first-order chi connectivity index (χ1) is 16.1. The molecule has 5 nitrogen and oxygen atoms in total. The maximum atomic E-state index is 14.2. The second kappa shape index (κ2) is 9.41. The average Bonchev–Trinajstić information content (AvgIpc) is 2.79. The number of methoxy groups -OCH3 is 1. The molecule has 2 atom stereocenters. The lowest BCUT2D eigenvalue weighted by Crippen LogP contribution is -2.49. The van der Waals surface area contributed by atoms with Gasteiger partial charge in [-0.05, 0) is 60.9 Å². The number of halogens is 2. The highest BCUT2D eigenvalue weighted by molar-refractivity contribution is 7.92. The van der Waals surface area contributed by atoms with E-state index in [1.807, 2.05) is 6.92 Å². The van der Waals surface area contributed by atoms with Crippen LogP contribution in [0.4, 0.5) is 10.1 Å². The lowest BCUT2D eigenvalue weighted by Gasteiger charge is -2.39. The number of rotatable bonds is 5. The van der Waals surface area contributed by atoms with Crippen LogP contribution in [0.1, 0.15) is 29.2 Å². The van der Waals surface area contributed by atoms with Gasteiger partial charge in [0.15, 0.2) is 0 Å². The molecule has 178 valence electrons. The van der Waals surface area contributed by atoms with Crippen molar-refractivity contribution in [2.75, 3.05) is 11.4 Å². The Morgan fingerprint density at radius 3 is 2.62 bits per heavy atom. The van der Waals surface area contributed by atoms with Crippen molar-refractivity contribution in [3.63, 3.8) is 0 Å². The second-order valence-electron chi connectivity index (χ2n) is 8.30. The van der Waals surface area contributed by atoms with E-state index in [1.54, 1.807) is 49.4 Å². The Hall–Kier alpha value is -2.87. The first kappa shape index (κ1) is 24.3. The van der Waals surface area contributed by atoms with Crippen LogP contribution >= 0.6 is 11.6 Å². The van der Waals surface area contributed by atoms with E-state index in [-0.39, 0.29) is 15.5 Å². The molecule has 0 fully saturated rings. The van der Waals surface area contributed by atoms with Gasteiger partial charge in [-0.15, -0.1) is 0 Å². The monoisotopic (exact) mass is 501 g/mol. The van der Waals surface area contributed by atoms with Gasteiger partial charge in [0.1, 0.15) is 11.6 Å². The van der Waals surface area contributed by atoms with Gasteiger partial charge >= 0.3 is 0 Å². The molecule has 4 rings (SSSR count). The topological polar surface area (TPSA) is 66.8 Å². The third-order valence-corrected chi connectivity index (χ3v) is 8.31. The van der Waals surface area contributed by atoms with E-state index < -0.39 is 28.0 Å². The van der Waals surface area contributed by atoms with Crippen LogP contribution in [0, 0.1) is 12.7 Å². The Morgan fingerprint density at radius 1 is 1.15 bits per heavy atom. The SMILES string of the molecule is COc1cc(S(=O)(=O)N2c3cc(C=Cc4c(F)cccc4Cl)ccc3CC(O)C2C)ccc1C. The number of anilines is 1. The number of ether oxygens (including phenoxy) is 1. The quantitative estimate of drug-likeness (QED) is 0.471. The fraction of sp³-hybridized carbons (Fsp3) is 0.231. The van der Waals surface area contributed by atoms with E-state index in [0.717, 1.165) is 5.56 Å². The van der Waals surface area contributed by atoms with Crippen molar-refractivity contribution in [1.82, 2.24) is 0 Å². The van der Waals surface area contributed by atoms with Crippen LogP contribution in [0.25, 0.3) is 12.2 Å². The van der Waals surface area contributed by atoms with E-state index >= 15 is 0 Å². The van der Waals surface area contributed by atoms with Gasteiger partial charge < -0.3 is 9.84 Å². The van der Waals surface area contributed by atoms with Gasteiger partial charge in [0.25, 0.3) is 10.0 Å². The van der Waals surface area contributed by atoms with Crippen LogP contribution in [-0.4, -0.2) is 32.8 Å². The largest absolute Gasteiger partial charge is 0.496 e. The summed E-state index contributed by atoms with van der Waals surface area (Å²) in [5, 5.41) is 10.9. The number of benzene rings is 3. The maximum Gasteiger partial charge on any atom is 0.264 e. The highest BCUT2D eigenvalue weighted by atomic mass is 35.5. The molecule has 3 aromatic carbocycles. The molecule has 0 saturated carbocycles. The van der Waals surface area contributed by atoms with Crippen molar-refractivity contribution >= 4 is 39.5 Å². The summed E-state index contributed by atoms with van der Waals surface area (Å²) in [5.74, 6) is 0.0148. The minimum absolute atomic E-state index is 0.0703. The third kappa shape index (κ3) is 4.43. The number of aryl methyl sites for hydroxylation is 1. The van der Waals surface area contributed by atoms with E-state index in [1.165, 1.54) is 35.7 Å². The molecule has 2 unspecified atom stereocenters. The Morgan fingerprint density at radius 2 is 1.91 bits per heavy atom. The van der Waals surface area contributed by atoms with Gasteiger partial charge in [-0.2, -0.15) is 0 Å². The van der Waals surface area contributed by atoms with E-state index in [4.69, 9.17) is 16.3 Å². The molecule has 0 saturated heterocycles. The summed E-state index contributed by atoms with van der Waals surface area (Å²) in [5.41, 5.74) is 2.91. The summed E-state index contributed by atoms with van der Waals surface area (Å²) in [6, 6.07) is 13.8. The number of fused-ring (bicyclic) bond motifs is 1. The minimum Gasteiger partial charge on any atom is -0.496 e. The molecule has 1 heterocycles. The number of sulfonamides is 1. The van der Waals surface area contributed by atoms with Crippen molar-refractivity contribution < 1.29 is 22.7 Å². The van der Waals surface area contributed by atoms with Gasteiger partial charge in [-0.3, -0.25) is 4.31 Å². The third-order valence-electron chi connectivity index (χ3n) is 6.08. The first-order valence-corrected chi connectivity index (χ1v) is 12.6. The molecule has 0 radical (unpaired) electrons. The first-order valence-electron chi connectivity index (χ1n) is 10.8. The predicted octanol–water partition coefficient (Wildman–Crippen LogP) is 5.47. The lowest BCUT2D eigenvalue weighted by molar-refractivity contribution is 0.147. The number of hydrogen-bond acceptors (Lipinski definition) is 4. The number of aliphatic hydroxyl groups is 1. The van der Waals surface area contributed by atoms with Crippen LogP contribution in [0.2, 0.25) is 5.02 Å². The van der Waals surface area contributed by atoms with Gasteiger partial charge in [0, 0.05) is 18.1 Å². The molecule has 0 aromatic heterocycles. The fourth-order valence-corrected chi connectivity index (χ4v) is 6.06. The van der Waals surface area contributed by atoms with Crippen molar-refractivity contribution in [3.8, 4) is 5.75 Å². The van der Waals surface area contributed by atoms with E-state index in [9.17, 15) is 17.9 Å². The van der Waals surface area contributed by atoms with Crippen molar-refractivity contribution in [2.45, 2.75) is 37.3 Å². The zero-order valence-corrected chi connectivity index (χ0v) is 20.6. The zero-order chi connectivity index (χ0) is 24.6. The van der Waals surface area contributed by atoms with Gasteiger partial charge in [-0.25, -0.2) is 12.8 Å². The average molecular weight is 502 g/mol. The van der Waals surface area contributed by atoms with Crippen LogP contribution in [0.15, 0.2) is 59.5 Å². The summed E-state index contributed by atoms with van der Waals surface area (Å²) in [6.07, 6.45) is 2.70.